The standard InChI is InChI=1S/C30H32F6N4O5.2C2H6/c1-4-6-19-13-20(28(43,29(31,32)33)30(34,35)36)7-5-8-24(19)45-22-11-12-37-21(14-22)16-39-26(42)15-27(2,40-18-41)25-10-9-23(44-3)17-38-25;2*1-2/h7-14,17-18,43H,4-6,15-16H2,1-3H3,(H,39,42)(H,40,41);2*1-2H3. The van der Waals surface area contributed by atoms with Crippen molar-refractivity contribution in [3.05, 3.63) is 83.2 Å². The molecule has 0 radical (unpaired) electrons. The lowest BCUT2D eigenvalue weighted by atomic mass is 9.89. The average Bonchev–Trinajstić information content (AvgIpc) is 3.26. The molecule has 9 nitrogen and oxygen atoms in total. The van der Waals surface area contributed by atoms with E-state index in [-0.39, 0.29) is 42.9 Å². The van der Waals surface area contributed by atoms with Crippen molar-refractivity contribution in [3.8, 4) is 11.5 Å². The van der Waals surface area contributed by atoms with Gasteiger partial charge in [0.05, 0.1) is 43.2 Å². The van der Waals surface area contributed by atoms with E-state index in [9.17, 15) is 41.0 Å². The first-order valence-corrected chi connectivity index (χ1v) is 15.7. The molecule has 3 rings (SSSR count). The van der Waals surface area contributed by atoms with Crippen molar-refractivity contribution >= 4 is 12.3 Å². The van der Waals surface area contributed by atoms with Gasteiger partial charge in [-0.05, 0) is 61.3 Å². The molecule has 272 valence electrons. The molecule has 2 aromatic heterocycles. The van der Waals surface area contributed by atoms with Crippen LogP contribution >= 0.6 is 0 Å². The van der Waals surface area contributed by atoms with Crippen LogP contribution in [0.25, 0.3) is 0 Å². The van der Waals surface area contributed by atoms with Gasteiger partial charge in [-0.1, -0.05) is 47.1 Å². The molecule has 0 aliphatic heterocycles. The number of hydrogen-bond acceptors (Lipinski definition) is 7. The molecule has 0 saturated carbocycles. The Labute approximate surface area is 282 Å². The molecule has 49 heavy (non-hydrogen) atoms. The van der Waals surface area contributed by atoms with Gasteiger partial charge in [-0.25, -0.2) is 0 Å². The number of allylic oxidation sites excluding steroid dienone is 3. The van der Waals surface area contributed by atoms with Gasteiger partial charge in [0.25, 0.3) is 5.60 Å². The Kier molecular flexibility index (Phi) is 16.5. The molecule has 0 bridgehead atoms. The summed E-state index contributed by atoms with van der Waals surface area (Å²) in [6, 6.07) is 6.12. The number of nitrogens with one attached hydrogen (secondary N) is 2. The molecule has 2 aromatic rings. The number of aromatic nitrogens is 2. The van der Waals surface area contributed by atoms with Crippen LogP contribution in [0.1, 0.15) is 78.6 Å². The van der Waals surface area contributed by atoms with Crippen molar-refractivity contribution < 1.29 is 50.5 Å². The normalized spacial score (nSPS) is 14.4. The zero-order valence-electron chi connectivity index (χ0n) is 28.6. The number of pyridine rings is 2. The number of amides is 2. The zero-order valence-corrected chi connectivity index (χ0v) is 28.6. The zero-order chi connectivity index (χ0) is 37.5. The van der Waals surface area contributed by atoms with Gasteiger partial charge >= 0.3 is 12.4 Å². The van der Waals surface area contributed by atoms with Crippen molar-refractivity contribution in [1.82, 2.24) is 20.6 Å². The molecular weight excluding hydrogens is 658 g/mol. The fraction of sp³-hybridized carbons (Fsp3) is 0.471. The summed E-state index contributed by atoms with van der Waals surface area (Å²) in [4.78, 5) is 32.5. The van der Waals surface area contributed by atoms with Crippen molar-refractivity contribution in [2.45, 2.75) is 97.3 Å². The van der Waals surface area contributed by atoms with Crippen LogP contribution < -0.4 is 20.1 Å². The summed E-state index contributed by atoms with van der Waals surface area (Å²) in [6.07, 6.45) is -6.30. The smallest absolute Gasteiger partial charge is 0.430 e. The number of methoxy groups -OCH3 is 1. The van der Waals surface area contributed by atoms with E-state index in [1.165, 1.54) is 37.7 Å². The Balaban J connectivity index is 0.00000289. The molecule has 15 heteroatoms. The van der Waals surface area contributed by atoms with Crippen LogP contribution in [0, 0.1) is 0 Å². The quantitative estimate of drug-likeness (QED) is 0.147. The summed E-state index contributed by atoms with van der Waals surface area (Å²) < 4.78 is 92.2. The van der Waals surface area contributed by atoms with Gasteiger partial charge in [0.15, 0.2) is 0 Å². The largest absolute Gasteiger partial charge is 0.495 e. The number of rotatable bonds is 13. The van der Waals surface area contributed by atoms with E-state index in [2.05, 4.69) is 20.6 Å². The third-order valence-corrected chi connectivity index (χ3v) is 6.96. The highest BCUT2D eigenvalue weighted by molar-refractivity contribution is 5.77. The summed E-state index contributed by atoms with van der Waals surface area (Å²) >= 11 is 0. The number of hydrogen-bond donors (Lipinski definition) is 3. The average molecular weight is 703 g/mol. The van der Waals surface area contributed by atoms with Gasteiger partial charge in [0.2, 0.25) is 12.3 Å². The Hall–Kier alpha value is -4.40. The highest BCUT2D eigenvalue weighted by Gasteiger charge is 2.71. The van der Waals surface area contributed by atoms with Crippen LogP contribution in [0.3, 0.4) is 0 Å². The second-order valence-electron chi connectivity index (χ2n) is 10.3. The van der Waals surface area contributed by atoms with E-state index in [4.69, 9.17) is 9.47 Å². The first kappa shape index (κ1) is 42.6. The lowest BCUT2D eigenvalue weighted by Crippen LogP contribution is -2.57. The minimum atomic E-state index is -6.02. The Morgan fingerprint density at radius 2 is 1.65 bits per heavy atom. The molecule has 3 N–H and O–H groups in total. The van der Waals surface area contributed by atoms with Gasteiger partial charge < -0.3 is 25.2 Å². The van der Waals surface area contributed by atoms with Crippen LogP contribution in [-0.2, 0) is 21.7 Å². The fourth-order valence-corrected chi connectivity index (χ4v) is 4.54. The first-order valence-electron chi connectivity index (χ1n) is 15.7. The molecule has 1 atom stereocenters. The second-order valence-corrected chi connectivity index (χ2v) is 10.3. The number of alkyl halides is 6. The van der Waals surface area contributed by atoms with Crippen molar-refractivity contribution in [2.75, 3.05) is 7.11 Å². The van der Waals surface area contributed by atoms with Gasteiger partial charge in [-0.15, -0.1) is 0 Å². The predicted octanol–water partition coefficient (Wildman–Crippen LogP) is 7.38. The number of aliphatic hydroxyl groups is 1. The number of ether oxygens (including phenoxy) is 2. The van der Waals surface area contributed by atoms with Crippen LogP contribution in [0.2, 0.25) is 0 Å². The summed E-state index contributed by atoms with van der Waals surface area (Å²) in [5.74, 6) is 0.196. The van der Waals surface area contributed by atoms with Gasteiger partial charge in [-0.3, -0.25) is 19.6 Å². The maximum absolute atomic E-state index is 13.5. The monoisotopic (exact) mass is 702 g/mol. The minimum absolute atomic E-state index is 0.0127. The molecule has 1 aliphatic carbocycles. The number of carbonyl (C=O) groups is 2. The van der Waals surface area contributed by atoms with E-state index in [0.29, 0.717) is 42.1 Å². The van der Waals surface area contributed by atoms with Crippen molar-refractivity contribution in [3.63, 3.8) is 0 Å². The van der Waals surface area contributed by atoms with Crippen LogP contribution in [-0.4, -0.2) is 52.5 Å². The van der Waals surface area contributed by atoms with Gasteiger partial charge in [0, 0.05) is 12.3 Å². The Morgan fingerprint density at radius 1 is 1.00 bits per heavy atom. The highest BCUT2D eigenvalue weighted by Crippen LogP contribution is 2.49. The third kappa shape index (κ3) is 11.1. The SMILES string of the molecule is CC.CC.CCCC1=CC(C(O)(C(F)(F)F)C(F)(F)F)=CCC=C1Oc1ccnc(CNC(=O)CC(C)(NC=O)c2ccc(OC)cn2)c1. The number of nitrogens with zero attached hydrogens (tertiary/aromatic N) is 2. The van der Waals surface area contributed by atoms with E-state index in [1.54, 1.807) is 26.0 Å². The van der Waals surface area contributed by atoms with E-state index in [0.717, 1.165) is 0 Å². The summed E-state index contributed by atoms with van der Waals surface area (Å²) in [6.45, 7) is 11.2. The summed E-state index contributed by atoms with van der Waals surface area (Å²) in [5, 5.41) is 15.2. The van der Waals surface area contributed by atoms with Crippen LogP contribution in [0.5, 0.6) is 11.5 Å². The summed E-state index contributed by atoms with van der Waals surface area (Å²) in [7, 11) is 1.47. The molecule has 2 heterocycles. The lowest BCUT2D eigenvalue weighted by molar-refractivity contribution is -0.351. The van der Waals surface area contributed by atoms with Crippen LogP contribution in [0.15, 0.2) is 71.8 Å². The number of carbonyl (C=O) groups excluding carboxylic acids is 2. The maximum Gasteiger partial charge on any atom is 0.430 e. The molecule has 0 saturated heterocycles. The van der Waals surface area contributed by atoms with Crippen molar-refractivity contribution in [2.24, 2.45) is 0 Å². The maximum atomic E-state index is 13.5. The molecular formula is C34H44F6N4O5. The molecule has 2 amide bonds. The Morgan fingerprint density at radius 3 is 2.18 bits per heavy atom. The third-order valence-electron chi connectivity index (χ3n) is 6.96. The van der Waals surface area contributed by atoms with Gasteiger partial charge in [0.1, 0.15) is 17.3 Å². The Bertz CT molecular complexity index is 1440. The minimum Gasteiger partial charge on any atom is -0.495 e. The van der Waals surface area contributed by atoms with E-state index >= 15 is 0 Å². The predicted molar refractivity (Wildman–Crippen MR) is 172 cm³/mol. The van der Waals surface area contributed by atoms with E-state index in [1.807, 2.05) is 27.7 Å². The lowest BCUT2D eigenvalue weighted by Gasteiger charge is -2.33. The summed E-state index contributed by atoms with van der Waals surface area (Å²) in [5.41, 5.74) is -6.81. The topological polar surface area (TPSA) is 123 Å². The second kappa shape index (κ2) is 19.0. The molecule has 1 aliphatic rings. The number of halogens is 6. The highest BCUT2D eigenvalue weighted by atomic mass is 19.4. The molecule has 1 unspecified atom stereocenters. The van der Waals surface area contributed by atoms with Crippen molar-refractivity contribution in [1.29, 1.82) is 0 Å². The first-order chi connectivity index (χ1) is 23.1. The molecule has 0 aromatic carbocycles. The fourth-order valence-electron chi connectivity index (χ4n) is 4.54. The molecule has 0 fully saturated rings. The van der Waals surface area contributed by atoms with Crippen LogP contribution in [0.4, 0.5) is 26.3 Å². The van der Waals surface area contributed by atoms with Gasteiger partial charge in [-0.2, -0.15) is 26.3 Å². The van der Waals surface area contributed by atoms with E-state index < -0.39 is 35.0 Å². The molecule has 0 spiro atoms.